The molecule has 42 heavy (non-hydrogen) atoms. The van der Waals surface area contributed by atoms with Gasteiger partial charge in [0.2, 0.25) is 0 Å². The smallest absolute Gasteiger partial charge is 0.142 e. The lowest BCUT2D eigenvalue weighted by atomic mass is 9.90. The second kappa shape index (κ2) is 13.4. The third kappa shape index (κ3) is 6.62. The predicted molar refractivity (Wildman–Crippen MR) is 169 cm³/mol. The maximum Gasteiger partial charge on any atom is 0.142 e. The van der Waals surface area contributed by atoms with E-state index in [1.54, 1.807) is 7.11 Å². The molecule has 1 unspecified atom stereocenters. The number of halogens is 1. The Kier molecular flexibility index (Phi) is 9.03. The molecule has 0 fully saturated rings. The number of methoxy groups -OCH3 is 1. The molecule has 1 atom stereocenters. The number of rotatable bonds is 11. The third-order valence-electron chi connectivity index (χ3n) is 7.82. The number of aromatic amines is 1. The van der Waals surface area contributed by atoms with Crippen LogP contribution < -0.4 is 10.1 Å². The largest absolute Gasteiger partial charge is 0.495 e. The minimum atomic E-state index is 0.226. The standard InChI is InChI=1S/C34H35BrN6O/c1-42-34-28(10-5-11-29(34)35)30-21-39-32(40-30)23-41(31-12-4-7-26-8-6-18-38-33(26)31)22-25-15-13-24(14-16-25)19-36-20-27-9-2-3-17-37-27/h2-3,5-6,8-11,13-18,21,31,36H,4,7,12,19-20,22-23H2,1H3,(H,39,40). The molecule has 0 aliphatic heterocycles. The lowest BCUT2D eigenvalue weighted by Gasteiger charge is -2.34. The maximum absolute atomic E-state index is 5.67. The van der Waals surface area contributed by atoms with Gasteiger partial charge in [-0.05, 0) is 82.2 Å². The van der Waals surface area contributed by atoms with Crippen LogP contribution in [0, 0.1) is 0 Å². The molecular weight excluding hydrogens is 588 g/mol. The van der Waals surface area contributed by atoms with Crippen LogP contribution >= 0.6 is 15.9 Å². The van der Waals surface area contributed by atoms with Crippen molar-refractivity contribution in [2.45, 2.75) is 51.5 Å². The van der Waals surface area contributed by atoms with Crippen molar-refractivity contribution in [3.05, 3.63) is 130 Å². The first kappa shape index (κ1) is 28.3. The maximum atomic E-state index is 5.67. The molecule has 2 aromatic carbocycles. The second-order valence-electron chi connectivity index (χ2n) is 10.7. The number of hydrogen-bond acceptors (Lipinski definition) is 6. The van der Waals surface area contributed by atoms with Crippen LogP contribution in [0.15, 0.2) is 95.9 Å². The fourth-order valence-electron chi connectivity index (χ4n) is 5.75. The van der Waals surface area contributed by atoms with Crippen molar-refractivity contribution in [1.29, 1.82) is 0 Å². The minimum Gasteiger partial charge on any atom is -0.495 e. The van der Waals surface area contributed by atoms with Crippen LogP contribution in [0.4, 0.5) is 0 Å². The summed E-state index contributed by atoms with van der Waals surface area (Å²) in [7, 11) is 1.69. The Hall–Kier alpha value is -3.85. The highest BCUT2D eigenvalue weighted by Gasteiger charge is 2.28. The number of imidazole rings is 1. The van der Waals surface area contributed by atoms with Crippen molar-refractivity contribution in [1.82, 2.24) is 30.2 Å². The summed E-state index contributed by atoms with van der Waals surface area (Å²) in [6, 6.07) is 25.5. The van der Waals surface area contributed by atoms with Crippen LogP contribution in [-0.2, 0) is 32.6 Å². The van der Waals surface area contributed by atoms with Crippen LogP contribution in [0.5, 0.6) is 5.75 Å². The zero-order valence-corrected chi connectivity index (χ0v) is 25.3. The summed E-state index contributed by atoms with van der Waals surface area (Å²) in [5.41, 5.74) is 8.04. The normalized spacial score (nSPS) is 14.6. The van der Waals surface area contributed by atoms with Crippen molar-refractivity contribution >= 4 is 15.9 Å². The summed E-state index contributed by atoms with van der Waals surface area (Å²) in [4.78, 5) is 20.1. The van der Waals surface area contributed by atoms with E-state index in [1.165, 1.54) is 22.4 Å². The summed E-state index contributed by atoms with van der Waals surface area (Å²) in [5.74, 6) is 1.72. The van der Waals surface area contributed by atoms with E-state index >= 15 is 0 Å². The van der Waals surface area contributed by atoms with Crippen molar-refractivity contribution in [3.63, 3.8) is 0 Å². The number of nitrogens with one attached hydrogen (secondary N) is 2. The molecule has 0 bridgehead atoms. The molecule has 0 saturated heterocycles. The Bertz CT molecular complexity index is 1600. The summed E-state index contributed by atoms with van der Waals surface area (Å²) >= 11 is 3.60. The number of hydrogen-bond donors (Lipinski definition) is 2. The molecule has 3 aromatic heterocycles. The number of pyridine rings is 2. The Morgan fingerprint density at radius 3 is 2.60 bits per heavy atom. The van der Waals surface area contributed by atoms with Gasteiger partial charge in [-0.25, -0.2) is 4.98 Å². The first-order valence-electron chi connectivity index (χ1n) is 14.4. The molecule has 1 aliphatic rings. The predicted octanol–water partition coefficient (Wildman–Crippen LogP) is 7.01. The highest BCUT2D eigenvalue weighted by molar-refractivity contribution is 9.10. The molecule has 5 aromatic rings. The summed E-state index contributed by atoms with van der Waals surface area (Å²) in [6.07, 6.45) is 8.97. The average molecular weight is 624 g/mol. The molecule has 7 nitrogen and oxygen atoms in total. The molecular formula is C34H35BrN6O. The number of ether oxygens (including phenoxy) is 1. The number of aryl methyl sites for hydroxylation is 1. The lowest BCUT2D eigenvalue weighted by Crippen LogP contribution is -2.31. The van der Waals surface area contributed by atoms with E-state index in [4.69, 9.17) is 14.7 Å². The number of fused-ring (bicyclic) bond motifs is 1. The Balaban J connectivity index is 1.21. The van der Waals surface area contributed by atoms with Crippen molar-refractivity contribution < 1.29 is 4.74 Å². The molecule has 0 radical (unpaired) electrons. The summed E-state index contributed by atoms with van der Waals surface area (Å²) in [5, 5.41) is 3.50. The van der Waals surface area contributed by atoms with E-state index in [-0.39, 0.29) is 6.04 Å². The topological polar surface area (TPSA) is 79.0 Å². The Labute approximate surface area is 255 Å². The van der Waals surface area contributed by atoms with Gasteiger partial charge in [-0.3, -0.25) is 14.9 Å². The van der Waals surface area contributed by atoms with Gasteiger partial charge in [0, 0.05) is 37.6 Å². The van der Waals surface area contributed by atoms with Gasteiger partial charge in [0.15, 0.2) is 0 Å². The summed E-state index contributed by atoms with van der Waals surface area (Å²) in [6.45, 7) is 3.04. The van der Waals surface area contributed by atoms with E-state index < -0.39 is 0 Å². The summed E-state index contributed by atoms with van der Waals surface area (Å²) < 4.78 is 6.59. The van der Waals surface area contributed by atoms with Crippen molar-refractivity contribution in [2.24, 2.45) is 0 Å². The van der Waals surface area contributed by atoms with Gasteiger partial charge < -0.3 is 15.0 Å². The molecule has 8 heteroatoms. The first-order valence-corrected chi connectivity index (χ1v) is 15.2. The van der Waals surface area contributed by atoms with Crippen molar-refractivity contribution in [3.8, 4) is 17.0 Å². The van der Waals surface area contributed by atoms with Crippen LogP contribution in [0.2, 0.25) is 0 Å². The Morgan fingerprint density at radius 2 is 1.76 bits per heavy atom. The minimum absolute atomic E-state index is 0.226. The van der Waals surface area contributed by atoms with Gasteiger partial charge in [0.1, 0.15) is 11.6 Å². The molecule has 2 N–H and O–H groups in total. The fraction of sp³-hybridized carbons (Fsp3) is 0.265. The quantitative estimate of drug-likeness (QED) is 0.165. The number of H-pyrrole nitrogens is 1. The van der Waals surface area contributed by atoms with Crippen LogP contribution in [0.3, 0.4) is 0 Å². The van der Waals surface area contributed by atoms with E-state index in [9.17, 15) is 0 Å². The van der Waals surface area contributed by atoms with E-state index in [0.717, 1.165) is 71.9 Å². The number of nitrogens with zero attached hydrogens (tertiary/aromatic N) is 4. The SMILES string of the molecule is COc1c(Br)cccc1-c1cnc(CN(Cc2ccc(CNCc3ccccn3)cc2)C2CCCc3cccnc32)[nH]1. The number of benzene rings is 2. The molecule has 1 aliphatic carbocycles. The molecule has 214 valence electrons. The average Bonchev–Trinajstić information content (AvgIpc) is 3.50. The van der Waals surface area contributed by atoms with Gasteiger partial charge in [-0.2, -0.15) is 0 Å². The fourth-order valence-corrected chi connectivity index (χ4v) is 6.28. The second-order valence-corrected chi connectivity index (χ2v) is 11.5. The monoisotopic (exact) mass is 622 g/mol. The first-order chi connectivity index (χ1) is 20.7. The van der Waals surface area contributed by atoms with Crippen LogP contribution in [0.25, 0.3) is 11.3 Å². The highest BCUT2D eigenvalue weighted by Crippen LogP contribution is 2.37. The Morgan fingerprint density at radius 1 is 0.905 bits per heavy atom. The van der Waals surface area contributed by atoms with Crippen LogP contribution in [0.1, 0.15) is 52.8 Å². The molecule has 3 heterocycles. The van der Waals surface area contributed by atoms with Gasteiger partial charge in [-0.15, -0.1) is 0 Å². The molecule has 6 rings (SSSR count). The number of aromatic nitrogens is 4. The van der Waals surface area contributed by atoms with Gasteiger partial charge in [-0.1, -0.05) is 42.5 Å². The zero-order chi connectivity index (χ0) is 28.7. The molecule has 0 saturated carbocycles. The third-order valence-corrected chi connectivity index (χ3v) is 8.44. The van der Waals surface area contributed by atoms with E-state index in [1.807, 2.05) is 55.0 Å². The highest BCUT2D eigenvalue weighted by atomic mass is 79.9. The van der Waals surface area contributed by atoms with Gasteiger partial charge >= 0.3 is 0 Å². The lowest BCUT2D eigenvalue weighted by molar-refractivity contribution is 0.153. The van der Waals surface area contributed by atoms with Gasteiger partial charge in [0.25, 0.3) is 0 Å². The van der Waals surface area contributed by atoms with Crippen LogP contribution in [-0.4, -0.2) is 31.9 Å². The van der Waals surface area contributed by atoms with Gasteiger partial charge in [0.05, 0.1) is 47.4 Å². The van der Waals surface area contributed by atoms with E-state index in [2.05, 4.69) is 72.5 Å². The number of para-hydroxylation sites is 1. The molecule has 0 spiro atoms. The zero-order valence-electron chi connectivity index (χ0n) is 23.8. The van der Waals surface area contributed by atoms with Crippen molar-refractivity contribution in [2.75, 3.05) is 7.11 Å². The van der Waals surface area contributed by atoms with E-state index in [0.29, 0.717) is 6.54 Å². The molecule has 0 amide bonds.